The first-order valence-corrected chi connectivity index (χ1v) is 7.72. The van der Waals surface area contributed by atoms with Crippen molar-refractivity contribution in [2.75, 3.05) is 24.6 Å². The van der Waals surface area contributed by atoms with Crippen LogP contribution >= 0.6 is 0 Å². The van der Waals surface area contributed by atoms with Crippen LogP contribution in [0.5, 0.6) is 5.75 Å². The molecule has 0 unspecified atom stereocenters. The highest BCUT2D eigenvalue weighted by atomic mass is 19.1. The molecule has 2 aromatic carbocycles. The number of rotatable bonds is 9. The molecular formula is C18H20F2N2O2. The number of amides is 1. The van der Waals surface area contributed by atoms with Gasteiger partial charge in [-0.3, -0.25) is 4.79 Å². The lowest BCUT2D eigenvalue weighted by Gasteiger charge is -2.24. The summed E-state index contributed by atoms with van der Waals surface area (Å²) in [5, 5.41) is 0. The minimum atomic E-state index is -0.385. The Kier molecular flexibility index (Phi) is 6.54. The van der Waals surface area contributed by atoms with Crippen LogP contribution in [0.1, 0.15) is 12.8 Å². The number of benzene rings is 2. The van der Waals surface area contributed by atoms with Gasteiger partial charge in [0.25, 0.3) is 0 Å². The van der Waals surface area contributed by atoms with E-state index in [2.05, 4.69) is 0 Å². The predicted molar refractivity (Wildman–Crippen MR) is 88.9 cm³/mol. The highest BCUT2D eigenvalue weighted by Crippen LogP contribution is 2.16. The lowest BCUT2D eigenvalue weighted by molar-refractivity contribution is -0.117. The van der Waals surface area contributed by atoms with Crippen molar-refractivity contribution in [2.45, 2.75) is 12.8 Å². The van der Waals surface area contributed by atoms with Gasteiger partial charge in [0, 0.05) is 25.2 Å². The zero-order valence-corrected chi connectivity index (χ0v) is 13.3. The maximum Gasteiger partial charge on any atom is 0.219 e. The van der Waals surface area contributed by atoms with Crippen LogP contribution < -0.4 is 15.4 Å². The number of primary amides is 1. The number of anilines is 1. The second kappa shape index (κ2) is 8.86. The Hall–Kier alpha value is -2.63. The number of hydrogen-bond donors (Lipinski definition) is 1. The van der Waals surface area contributed by atoms with Gasteiger partial charge in [-0.25, -0.2) is 8.78 Å². The number of hydrogen-bond acceptors (Lipinski definition) is 3. The minimum absolute atomic E-state index is 0.218. The van der Waals surface area contributed by atoms with E-state index in [0.717, 1.165) is 5.69 Å². The van der Waals surface area contributed by atoms with E-state index in [1.165, 1.54) is 24.3 Å². The van der Waals surface area contributed by atoms with Crippen LogP contribution in [0, 0.1) is 11.6 Å². The summed E-state index contributed by atoms with van der Waals surface area (Å²) in [4.78, 5) is 13.0. The van der Waals surface area contributed by atoms with Crippen molar-refractivity contribution >= 4 is 11.6 Å². The van der Waals surface area contributed by atoms with Crippen LogP contribution in [-0.2, 0) is 4.79 Å². The molecular weight excluding hydrogens is 314 g/mol. The number of carbonyl (C=O) groups excluding carboxylic acids is 1. The average Bonchev–Trinajstić information content (AvgIpc) is 2.56. The van der Waals surface area contributed by atoms with E-state index in [1.807, 2.05) is 4.90 Å². The van der Waals surface area contributed by atoms with E-state index in [9.17, 15) is 13.6 Å². The molecule has 2 aromatic rings. The fourth-order valence-corrected chi connectivity index (χ4v) is 2.24. The molecule has 0 aromatic heterocycles. The van der Waals surface area contributed by atoms with Crippen molar-refractivity contribution in [2.24, 2.45) is 5.73 Å². The highest BCUT2D eigenvalue weighted by Gasteiger charge is 2.08. The molecule has 0 fully saturated rings. The third-order valence-electron chi connectivity index (χ3n) is 3.47. The zero-order chi connectivity index (χ0) is 17.4. The summed E-state index contributed by atoms with van der Waals surface area (Å²) in [6.07, 6.45) is 0.906. The zero-order valence-electron chi connectivity index (χ0n) is 13.3. The van der Waals surface area contributed by atoms with Crippen molar-refractivity contribution in [3.8, 4) is 5.75 Å². The van der Waals surface area contributed by atoms with E-state index < -0.39 is 0 Å². The van der Waals surface area contributed by atoms with Crippen molar-refractivity contribution in [3.05, 3.63) is 60.2 Å². The van der Waals surface area contributed by atoms with E-state index in [0.29, 0.717) is 31.9 Å². The Morgan fingerprint density at radius 2 is 1.54 bits per heavy atom. The molecule has 0 radical (unpaired) electrons. The third kappa shape index (κ3) is 5.87. The van der Waals surface area contributed by atoms with E-state index >= 15 is 0 Å². The SMILES string of the molecule is NC(=O)CCN(CCCOc1ccc(F)cc1)c1ccc(F)cc1. The molecule has 6 heteroatoms. The summed E-state index contributed by atoms with van der Waals surface area (Å²) in [6.45, 7) is 1.53. The predicted octanol–water partition coefficient (Wildman–Crippen LogP) is 3.12. The van der Waals surface area contributed by atoms with Crippen molar-refractivity contribution in [1.29, 1.82) is 0 Å². The van der Waals surface area contributed by atoms with Gasteiger partial charge in [-0.15, -0.1) is 0 Å². The molecule has 0 bridgehead atoms. The Labute approximate surface area is 139 Å². The Morgan fingerprint density at radius 3 is 2.12 bits per heavy atom. The minimum Gasteiger partial charge on any atom is -0.494 e. The average molecular weight is 334 g/mol. The molecule has 1 amide bonds. The van der Waals surface area contributed by atoms with Crippen LogP contribution in [-0.4, -0.2) is 25.6 Å². The van der Waals surface area contributed by atoms with Gasteiger partial charge in [-0.2, -0.15) is 0 Å². The molecule has 0 aliphatic carbocycles. The van der Waals surface area contributed by atoms with Gasteiger partial charge in [-0.05, 0) is 55.0 Å². The number of nitrogens with zero attached hydrogens (tertiary/aromatic N) is 1. The molecule has 24 heavy (non-hydrogen) atoms. The second-order valence-corrected chi connectivity index (χ2v) is 5.34. The van der Waals surface area contributed by atoms with Gasteiger partial charge >= 0.3 is 0 Å². The molecule has 0 saturated heterocycles. The van der Waals surface area contributed by atoms with E-state index in [4.69, 9.17) is 10.5 Å². The van der Waals surface area contributed by atoms with E-state index in [1.54, 1.807) is 24.3 Å². The highest BCUT2D eigenvalue weighted by molar-refractivity contribution is 5.74. The van der Waals surface area contributed by atoms with Crippen LogP contribution in [0.2, 0.25) is 0 Å². The Balaban J connectivity index is 1.86. The normalized spacial score (nSPS) is 10.4. The lowest BCUT2D eigenvalue weighted by Crippen LogP contribution is -2.29. The number of halogens is 2. The van der Waals surface area contributed by atoms with Gasteiger partial charge in [0.15, 0.2) is 0 Å². The van der Waals surface area contributed by atoms with Crippen LogP contribution in [0.25, 0.3) is 0 Å². The maximum absolute atomic E-state index is 13.0. The molecule has 4 nitrogen and oxygen atoms in total. The molecule has 0 saturated carbocycles. The lowest BCUT2D eigenvalue weighted by atomic mass is 10.2. The second-order valence-electron chi connectivity index (χ2n) is 5.34. The number of ether oxygens (including phenoxy) is 1. The number of carbonyl (C=O) groups is 1. The number of nitrogens with two attached hydrogens (primary N) is 1. The summed E-state index contributed by atoms with van der Waals surface area (Å²) in [7, 11) is 0. The van der Waals surface area contributed by atoms with Gasteiger partial charge in [-0.1, -0.05) is 0 Å². The van der Waals surface area contributed by atoms with Gasteiger partial charge < -0.3 is 15.4 Å². The molecule has 0 heterocycles. The summed E-state index contributed by atoms with van der Waals surface area (Å²) in [5.41, 5.74) is 6.02. The maximum atomic E-state index is 13.0. The summed E-state index contributed by atoms with van der Waals surface area (Å²) in [5.74, 6) is -0.406. The summed E-state index contributed by atoms with van der Waals surface area (Å²) >= 11 is 0. The first-order chi connectivity index (χ1) is 11.5. The first kappa shape index (κ1) is 17.7. The molecule has 0 spiro atoms. The molecule has 2 rings (SSSR count). The fraction of sp³-hybridized carbons (Fsp3) is 0.278. The smallest absolute Gasteiger partial charge is 0.219 e. The van der Waals surface area contributed by atoms with Crippen molar-refractivity contribution in [1.82, 2.24) is 0 Å². The summed E-state index contributed by atoms with van der Waals surface area (Å²) < 4.78 is 31.4. The molecule has 2 N–H and O–H groups in total. The molecule has 0 atom stereocenters. The van der Waals surface area contributed by atoms with E-state index in [-0.39, 0.29) is 24.0 Å². The van der Waals surface area contributed by atoms with Crippen LogP contribution in [0.3, 0.4) is 0 Å². The fourth-order valence-electron chi connectivity index (χ4n) is 2.24. The largest absolute Gasteiger partial charge is 0.494 e. The van der Waals surface area contributed by atoms with Gasteiger partial charge in [0.1, 0.15) is 17.4 Å². The van der Waals surface area contributed by atoms with Gasteiger partial charge in [0.05, 0.1) is 6.61 Å². The monoisotopic (exact) mass is 334 g/mol. The van der Waals surface area contributed by atoms with Crippen molar-refractivity contribution < 1.29 is 18.3 Å². The molecule has 0 aliphatic heterocycles. The van der Waals surface area contributed by atoms with Crippen LogP contribution in [0.15, 0.2) is 48.5 Å². The Bertz CT molecular complexity index is 645. The Morgan fingerprint density at radius 1 is 0.958 bits per heavy atom. The van der Waals surface area contributed by atoms with Crippen LogP contribution in [0.4, 0.5) is 14.5 Å². The summed E-state index contributed by atoms with van der Waals surface area (Å²) in [6, 6.07) is 11.9. The quantitative estimate of drug-likeness (QED) is 0.717. The van der Waals surface area contributed by atoms with Crippen molar-refractivity contribution in [3.63, 3.8) is 0 Å². The first-order valence-electron chi connectivity index (χ1n) is 7.72. The third-order valence-corrected chi connectivity index (χ3v) is 3.47. The molecule has 0 aliphatic rings. The molecule has 128 valence electrons. The topological polar surface area (TPSA) is 55.6 Å². The van der Waals surface area contributed by atoms with Gasteiger partial charge in [0.2, 0.25) is 5.91 Å². The standard InChI is InChI=1S/C18H20F2N2O2/c19-14-2-6-16(7-3-14)22(12-10-18(21)23)11-1-13-24-17-8-4-15(20)5-9-17/h2-9H,1,10-13H2,(H2,21,23).